The summed E-state index contributed by atoms with van der Waals surface area (Å²) in [5.74, 6) is 0.289. The van der Waals surface area contributed by atoms with E-state index in [0.717, 1.165) is 29.9 Å². The quantitative estimate of drug-likeness (QED) is 0.661. The van der Waals surface area contributed by atoms with Crippen molar-refractivity contribution in [1.82, 2.24) is 29.9 Å². The van der Waals surface area contributed by atoms with Gasteiger partial charge in [0.05, 0.1) is 11.4 Å². The summed E-state index contributed by atoms with van der Waals surface area (Å²) in [5.41, 5.74) is 3.36. The molecule has 9 nitrogen and oxygen atoms in total. The standard InChI is InChI=1S/C18H22N8O/c1-4-15-16(5-2)24-25-18(23-15)22-14-8-6-13(7-9-14)21-17(27)12(3)26-11-19-10-20-26/h6-12H,4-5H2,1-3H3,(H,21,27)(H,22,23,25). The highest BCUT2D eigenvalue weighted by Gasteiger charge is 2.15. The maximum atomic E-state index is 12.3. The van der Waals surface area contributed by atoms with E-state index in [9.17, 15) is 4.79 Å². The highest BCUT2D eigenvalue weighted by atomic mass is 16.2. The van der Waals surface area contributed by atoms with Crippen molar-refractivity contribution in [1.29, 1.82) is 0 Å². The van der Waals surface area contributed by atoms with Gasteiger partial charge < -0.3 is 10.6 Å². The zero-order valence-electron chi connectivity index (χ0n) is 15.5. The molecule has 0 aliphatic heterocycles. The molecule has 3 rings (SSSR count). The summed E-state index contributed by atoms with van der Waals surface area (Å²) in [6.07, 6.45) is 4.53. The molecule has 2 aromatic heterocycles. The first-order chi connectivity index (χ1) is 13.1. The molecule has 27 heavy (non-hydrogen) atoms. The molecule has 9 heteroatoms. The van der Waals surface area contributed by atoms with Gasteiger partial charge in [-0.25, -0.2) is 14.6 Å². The lowest BCUT2D eigenvalue weighted by molar-refractivity contribution is -0.119. The van der Waals surface area contributed by atoms with Crippen molar-refractivity contribution < 1.29 is 4.79 Å². The Morgan fingerprint density at radius 3 is 2.41 bits per heavy atom. The van der Waals surface area contributed by atoms with E-state index in [4.69, 9.17) is 0 Å². The Kier molecular flexibility index (Phi) is 5.70. The van der Waals surface area contributed by atoms with Gasteiger partial charge in [-0.15, -0.1) is 10.2 Å². The van der Waals surface area contributed by atoms with E-state index >= 15 is 0 Å². The van der Waals surface area contributed by atoms with Crippen LogP contribution in [0.3, 0.4) is 0 Å². The molecule has 0 aliphatic rings. The second kappa shape index (κ2) is 8.35. The largest absolute Gasteiger partial charge is 0.324 e. The Labute approximate surface area is 157 Å². The molecule has 2 heterocycles. The zero-order valence-corrected chi connectivity index (χ0v) is 15.5. The molecular weight excluding hydrogens is 344 g/mol. The van der Waals surface area contributed by atoms with Gasteiger partial charge in [-0.1, -0.05) is 13.8 Å². The molecule has 0 saturated carbocycles. The van der Waals surface area contributed by atoms with Gasteiger partial charge in [-0.2, -0.15) is 5.10 Å². The number of amides is 1. The summed E-state index contributed by atoms with van der Waals surface area (Å²) in [7, 11) is 0. The molecule has 0 saturated heterocycles. The van der Waals surface area contributed by atoms with Crippen LogP contribution in [0.2, 0.25) is 0 Å². The smallest absolute Gasteiger partial charge is 0.249 e. The van der Waals surface area contributed by atoms with Crippen molar-refractivity contribution in [3.63, 3.8) is 0 Å². The van der Waals surface area contributed by atoms with Gasteiger partial charge in [0.15, 0.2) is 0 Å². The van der Waals surface area contributed by atoms with Crippen LogP contribution in [0.4, 0.5) is 17.3 Å². The number of hydrogen-bond donors (Lipinski definition) is 2. The fraction of sp³-hybridized carbons (Fsp3) is 0.333. The molecule has 0 fully saturated rings. The molecule has 0 bridgehead atoms. The van der Waals surface area contributed by atoms with E-state index in [1.807, 2.05) is 38.1 Å². The van der Waals surface area contributed by atoms with E-state index in [-0.39, 0.29) is 5.91 Å². The predicted octanol–water partition coefficient (Wildman–Crippen LogP) is 2.53. The van der Waals surface area contributed by atoms with E-state index < -0.39 is 6.04 Å². The number of nitrogens with zero attached hydrogens (tertiary/aromatic N) is 6. The Bertz CT molecular complexity index is 892. The average Bonchev–Trinajstić information content (AvgIpc) is 3.23. The van der Waals surface area contributed by atoms with Crippen LogP contribution in [0, 0.1) is 0 Å². The van der Waals surface area contributed by atoms with Crippen LogP contribution in [0.5, 0.6) is 0 Å². The summed E-state index contributed by atoms with van der Waals surface area (Å²) in [6.45, 7) is 5.84. The van der Waals surface area contributed by atoms with Gasteiger partial charge in [-0.3, -0.25) is 4.79 Å². The molecule has 0 aliphatic carbocycles. The molecule has 1 aromatic carbocycles. The number of carbonyl (C=O) groups is 1. The number of nitrogens with one attached hydrogen (secondary N) is 2. The molecular formula is C18H22N8O. The number of hydrogen-bond acceptors (Lipinski definition) is 7. The Morgan fingerprint density at radius 1 is 1.07 bits per heavy atom. The van der Waals surface area contributed by atoms with Crippen LogP contribution in [0.15, 0.2) is 36.9 Å². The molecule has 1 unspecified atom stereocenters. The van der Waals surface area contributed by atoms with Gasteiger partial charge in [0.2, 0.25) is 11.9 Å². The van der Waals surface area contributed by atoms with Crippen LogP contribution in [0.1, 0.15) is 38.2 Å². The van der Waals surface area contributed by atoms with Gasteiger partial charge in [0, 0.05) is 11.4 Å². The van der Waals surface area contributed by atoms with Crippen LogP contribution < -0.4 is 10.6 Å². The molecule has 0 radical (unpaired) electrons. The first-order valence-corrected chi connectivity index (χ1v) is 8.85. The number of carbonyl (C=O) groups excluding carboxylic acids is 1. The third-order valence-electron chi connectivity index (χ3n) is 4.13. The number of rotatable bonds is 7. The Balaban J connectivity index is 1.64. The molecule has 2 N–H and O–H groups in total. The van der Waals surface area contributed by atoms with E-state index in [0.29, 0.717) is 11.6 Å². The van der Waals surface area contributed by atoms with Crippen LogP contribution in [0.25, 0.3) is 0 Å². The third kappa shape index (κ3) is 4.43. The number of aromatic nitrogens is 6. The van der Waals surface area contributed by atoms with Crippen molar-refractivity contribution in [2.24, 2.45) is 0 Å². The number of anilines is 3. The fourth-order valence-electron chi connectivity index (χ4n) is 2.54. The fourth-order valence-corrected chi connectivity index (χ4v) is 2.54. The summed E-state index contributed by atoms with van der Waals surface area (Å²) in [6, 6.07) is 6.86. The highest BCUT2D eigenvalue weighted by Crippen LogP contribution is 2.18. The second-order valence-corrected chi connectivity index (χ2v) is 5.98. The third-order valence-corrected chi connectivity index (χ3v) is 4.13. The first kappa shape index (κ1) is 18.4. The van der Waals surface area contributed by atoms with Gasteiger partial charge in [0.1, 0.15) is 18.7 Å². The van der Waals surface area contributed by atoms with Crippen molar-refractivity contribution in [2.75, 3.05) is 10.6 Å². The molecule has 1 atom stereocenters. The molecule has 0 spiro atoms. The van der Waals surface area contributed by atoms with Crippen molar-refractivity contribution in [2.45, 2.75) is 39.7 Å². The molecule has 3 aromatic rings. The number of benzene rings is 1. The molecule has 1 amide bonds. The summed E-state index contributed by atoms with van der Waals surface area (Å²) in [5, 5.41) is 18.3. The van der Waals surface area contributed by atoms with Gasteiger partial charge in [0.25, 0.3) is 0 Å². The van der Waals surface area contributed by atoms with Crippen molar-refractivity contribution in [3.05, 3.63) is 48.3 Å². The van der Waals surface area contributed by atoms with Gasteiger partial charge in [-0.05, 0) is 44.0 Å². The topological polar surface area (TPSA) is 111 Å². The average molecular weight is 366 g/mol. The minimum absolute atomic E-state index is 0.170. The maximum Gasteiger partial charge on any atom is 0.249 e. The van der Waals surface area contributed by atoms with Crippen LogP contribution >= 0.6 is 0 Å². The minimum Gasteiger partial charge on any atom is -0.324 e. The number of aryl methyl sites for hydroxylation is 2. The summed E-state index contributed by atoms with van der Waals surface area (Å²) < 4.78 is 1.50. The first-order valence-electron chi connectivity index (χ1n) is 8.85. The van der Waals surface area contributed by atoms with Crippen molar-refractivity contribution in [3.8, 4) is 0 Å². The normalized spacial score (nSPS) is 11.8. The highest BCUT2D eigenvalue weighted by molar-refractivity contribution is 5.93. The zero-order chi connectivity index (χ0) is 19.2. The summed E-state index contributed by atoms with van der Waals surface area (Å²) in [4.78, 5) is 20.6. The lowest BCUT2D eigenvalue weighted by Gasteiger charge is -2.12. The van der Waals surface area contributed by atoms with Crippen molar-refractivity contribution >= 4 is 23.2 Å². The minimum atomic E-state index is -0.450. The van der Waals surface area contributed by atoms with E-state index in [1.165, 1.54) is 17.3 Å². The summed E-state index contributed by atoms with van der Waals surface area (Å²) >= 11 is 0. The SMILES string of the molecule is CCc1nnc(Nc2ccc(NC(=O)C(C)n3cncn3)cc2)nc1CC. The Hall–Kier alpha value is -3.36. The van der Waals surface area contributed by atoms with Crippen LogP contribution in [-0.2, 0) is 17.6 Å². The monoisotopic (exact) mass is 366 g/mol. The predicted molar refractivity (Wildman–Crippen MR) is 102 cm³/mol. The van der Waals surface area contributed by atoms with E-state index in [2.05, 4.69) is 35.9 Å². The molecule has 140 valence electrons. The van der Waals surface area contributed by atoms with E-state index in [1.54, 1.807) is 6.92 Å². The lowest BCUT2D eigenvalue weighted by Crippen LogP contribution is -2.23. The lowest BCUT2D eigenvalue weighted by atomic mass is 10.2. The maximum absolute atomic E-state index is 12.3. The van der Waals surface area contributed by atoms with Crippen LogP contribution in [-0.4, -0.2) is 35.9 Å². The van der Waals surface area contributed by atoms with Gasteiger partial charge >= 0.3 is 0 Å². The second-order valence-electron chi connectivity index (χ2n) is 5.98. The Morgan fingerprint density at radius 2 is 1.78 bits per heavy atom.